The lowest BCUT2D eigenvalue weighted by Crippen LogP contribution is -2.46. The van der Waals surface area contributed by atoms with Crippen molar-refractivity contribution in [2.24, 2.45) is 0 Å². The predicted octanol–water partition coefficient (Wildman–Crippen LogP) is 3.51. The van der Waals surface area contributed by atoms with Crippen LogP contribution in [0.5, 0.6) is 0 Å². The number of carboxylic acids is 1. The second-order valence-electron chi connectivity index (χ2n) is 5.29. The molecule has 2 N–H and O–H groups in total. The number of rotatable bonds is 2. The van der Waals surface area contributed by atoms with E-state index in [2.05, 4.69) is 5.32 Å². The first kappa shape index (κ1) is 15.6. The number of hydrogen-bond acceptors (Lipinski definition) is 2. The van der Waals surface area contributed by atoms with Crippen LogP contribution in [0.15, 0.2) is 18.2 Å². The molecule has 0 aliphatic carbocycles. The number of anilines is 1. The second kappa shape index (κ2) is 6.80. The summed E-state index contributed by atoms with van der Waals surface area (Å²) < 4.78 is 0. The van der Waals surface area contributed by atoms with Crippen LogP contribution in [0, 0.1) is 6.92 Å². The first-order valence-electron chi connectivity index (χ1n) is 7.05. The average molecular weight is 311 g/mol. The number of carbonyl (C=O) groups is 2. The molecule has 1 aromatic carbocycles. The molecule has 0 aromatic heterocycles. The molecule has 0 saturated carbocycles. The zero-order valence-corrected chi connectivity index (χ0v) is 12.7. The summed E-state index contributed by atoms with van der Waals surface area (Å²) in [5, 5.41) is 12.6. The molecule has 1 aromatic rings. The number of hydrogen-bond donors (Lipinski definition) is 2. The number of likely N-dealkylation sites (tertiary alicyclic amines) is 1. The van der Waals surface area contributed by atoms with Crippen LogP contribution in [0.1, 0.15) is 31.2 Å². The highest BCUT2D eigenvalue weighted by molar-refractivity contribution is 6.31. The summed E-state index contributed by atoms with van der Waals surface area (Å²) in [7, 11) is 0. The number of halogens is 1. The molecule has 1 aliphatic heterocycles. The van der Waals surface area contributed by atoms with Gasteiger partial charge in [0, 0.05) is 17.3 Å². The Bertz CT molecular complexity index is 548. The standard InChI is InChI=1S/C15H19ClN2O3/c1-10-6-7-11(16)9-12(10)17-15(21)18-8-4-2-3-5-13(18)14(19)20/h6-7,9,13H,2-5,8H2,1H3,(H,17,21)(H,19,20). The fraction of sp³-hybridized carbons (Fsp3) is 0.467. The minimum absolute atomic E-state index is 0.380. The molecule has 114 valence electrons. The normalized spacial score (nSPS) is 19.0. The minimum atomic E-state index is -0.949. The van der Waals surface area contributed by atoms with Crippen LogP contribution in [0.4, 0.5) is 10.5 Å². The Balaban J connectivity index is 2.16. The van der Waals surface area contributed by atoms with Crippen LogP contribution in [-0.4, -0.2) is 34.6 Å². The number of carbonyl (C=O) groups excluding carboxylic acids is 1. The number of nitrogens with one attached hydrogen (secondary N) is 1. The third-order valence-corrected chi connectivity index (χ3v) is 3.98. The highest BCUT2D eigenvalue weighted by atomic mass is 35.5. The number of urea groups is 1. The molecule has 2 amide bonds. The van der Waals surface area contributed by atoms with Crippen molar-refractivity contribution in [2.45, 2.75) is 38.6 Å². The maximum atomic E-state index is 12.4. The van der Waals surface area contributed by atoms with Crippen molar-refractivity contribution in [3.63, 3.8) is 0 Å². The van der Waals surface area contributed by atoms with Gasteiger partial charge in [-0.15, -0.1) is 0 Å². The lowest BCUT2D eigenvalue weighted by Gasteiger charge is -2.27. The fourth-order valence-electron chi connectivity index (χ4n) is 2.52. The zero-order chi connectivity index (χ0) is 15.4. The van der Waals surface area contributed by atoms with Crippen molar-refractivity contribution >= 4 is 29.3 Å². The van der Waals surface area contributed by atoms with Gasteiger partial charge in [-0.1, -0.05) is 30.5 Å². The van der Waals surface area contributed by atoms with Gasteiger partial charge in [0.1, 0.15) is 6.04 Å². The van der Waals surface area contributed by atoms with Gasteiger partial charge < -0.3 is 15.3 Å². The molecule has 0 radical (unpaired) electrons. The molecule has 1 unspecified atom stereocenters. The van der Waals surface area contributed by atoms with Crippen LogP contribution in [0.25, 0.3) is 0 Å². The molecule has 0 bridgehead atoms. The Hall–Kier alpha value is -1.75. The van der Waals surface area contributed by atoms with Crippen molar-refractivity contribution < 1.29 is 14.7 Å². The molecule has 6 heteroatoms. The number of aryl methyl sites for hydroxylation is 1. The van der Waals surface area contributed by atoms with Crippen molar-refractivity contribution in [1.29, 1.82) is 0 Å². The van der Waals surface area contributed by atoms with Crippen molar-refractivity contribution in [1.82, 2.24) is 4.90 Å². The molecule has 2 rings (SSSR count). The quantitative estimate of drug-likeness (QED) is 0.878. The molecule has 1 heterocycles. The molecular weight excluding hydrogens is 292 g/mol. The highest BCUT2D eigenvalue weighted by Crippen LogP contribution is 2.22. The summed E-state index contributed by atoms with van der Waals surface area (Å²) in [6, 6.07) is 4.09. The number of nitrogens with zero attached hydrogens (tertiary/aromatic N) is 1. The van der Waals surface area contributed by atoms with Crippen molar-refractivity contribution in [3.8, 4) is 0 Å². The molecular formula is C15H19ClN2O3. The fourth-order valence-corrected chi connectivity index (χ4v) is 2.70. The van der Waals surface area contributed by atoms with Crippen molar-refractivity contribution in [2.75, 3.05) is 11.9 Å². The van der Waals surface area contributed by atoms with Crippen molar-refractivity contribution in [3.05, 3.63) is 28.8 Å². The Morgan fingerprint density at radius 2 is 2.10 bits per heavy atom. The number of carboxylic acid groups (broad SMARTS) is 1. The van der Waals surface area contributed by atoms with E-state index in [1.807, 2.05) is 13.0 Å². The van der Waals surface area contributed by atoms with Gasteiger partial charge in [-0.3, -0.25) is 0 Å². The monoisotopic (exact) mass is 310 g/mol. The lowest BCUT2D eigenvalue weighted by atomic mass is 10.1. The smallest absolute Gasteiger partial charge is 0.326 e. The van der Waals surface area contributed by atoms with E-state index in [4.69, 9.17) is 11.6 Å². The number of benzene rings is 1. The van der Waals surface area contributed by atoms with E-state index in [-0.39, 0.29) is 6.03 Å². The molecule has 1 fully saturated rings. The first-order chi connectivity index (χ1) is 9.99. The summed E-state index contributed by atoms with van der Waals surface area (Å²) in [4.78, 5) is 25.2. The lowest BCUT2D eigenvalue weighted by molar-refractivity contribution is -0.142. The van der Waals surface area contributed by atoms with Gasteiger partial charge in [0.05, 0.1) is 0 Å². The summed E-state index contributed by atoms with van der Waals surface area (Å²) in [6.45, 7) is 2.32. The largest absolute Gasteiger partial charge is 0.480 e. The predicted molar refractivity (Wildman–Crippen MR) is 81.8 cm³/mol. The maximum Gasteiger partial charge on any atom is 0.326 e. The Morgan fingerprint density at radius 3 is 2.81 bits per heavy atom. The molecule has 1 saturated heterocycles. The summed E-state index contributed by atoms with van der Waals surface area (Å²) in [5.41, 5.74) is 1.50. The van der Waals surface area contributed by atoms with E-state index < -0.39 is 12.0 Å². The van der Waals surface area contributed by atoms with E-state index in [1.165, 1.54) is 4.90 Å². The van der Waals surface area contributed by atoms with E-state index in [1.54, 1.807) is 12.1 Å². The SMILES string of the molecule is Cc1ccc(Cl)cc1NC(=O)N1CCCCCC1C(=O)O. The van der Waals surface area contributed by atoms with Gasteiger partial charge in [0.15, 0.2) is 0 Å². The zero-order valence-electron chi connectivity index (χ0n) is 11.9. The third kappa shape index (κ3) is 3.88. The average Bonchev–Trinajstić information content (AvgIpc) is 2.68. The summed E-state index contributed by atoms with van der Waals surface area (Å²) in [6.07, 6.45) is 3.10. The van der Waals surface area contributed by atoms with E-state index in [0.29, 0.717) is 23.7 Å². The van der Waals surface area contributed by atoms with Gasteiger partial charge in [0.25, 0.3) is 0 Å². The molecule has 1 atom stereocenters. The number of aliphatic carboxylic acids is 1. The Labute approximate surface area is 128 Å². The van der Waals surface area contributed by atoms with Crippen LogP contribution in [-0.2, 0) is 4.79 Å². The van der Waals surface area contributed by atoms with Gasteiger partial charge in [-0.05, 0) is 37.5 Å². The van der Waals surface area contributed by atoms with Crippen LogP contribution >= 0.6 is 11.6 Å². The van der Waals surface area contributed by atoms with Gasteiger partial charge >= 0.3 is 12.0 Å². The van der Waals surface area contributed by atoms with Crippen LogP contribution in [0.3, 0.4) is 0 Å². The molecule has 5 nitrogen and oxygen atoms in total. The van der Waals surface area contributed by atoms with E-state index in [9.17, 15) is 14.7 Å². The van der Waals surface area contributed by atoms with E-state index >= 15 is 0 Å². The molecule has 0 spiro atoms. The molecule has 21 heavy (non-hydrogen) atoms. The van der Waals surface area contributed by atoms with Gasteiger partial charge in [-0.2, -0.15) is 0 Å². The minimum Gasteiger partial charge on any atom is -0.480 e. The Kier molecular flexibility index (Phi) is 5.07. The Morgan fingerprint density at radius 1 is 1.33 bits per heavy atom. The van der Waals surface area contributed by atoms with Gasteiger partial charge in [-0.25, -0.2) is 9.59 Å². The summed E-state index contributed by atoms with van der Waals surface area (Å²) in [5.74, 6) is -0.949. The van der Waals surface area contributed by atoms with Crippen LogP contribution in [0.2, 0.25) is 5.02 Å². The maximum absolute atomic E-state index is 12.4. The van der Waals surface area contributed by atoms with Crippen LogP contribution < -0.4 is 5.32 Å². The first-order valence-corrected chi connectivity index (χ1v) is 7.43. The second-order valence-corrected chi connectivity index (χ2v) is 5.72. The highest BCUT2D eigenvalue weighted by Gasteiger charge is 2.30. The number of amides is 2. The summed E-state index contributed by atoms with van der Waals surface area (Å²) >= 11 is 5.93. The topological polar surface area (TPSA) is 69.6 Å². The van der Waals surface area contributed by atoms with E-state index in [0.717, 1.165) is 24.8 Å². The van der Waals surface area contributed by atoms with Gasteiger partial charge in [0.2, 0.25) is 0 Å². The molecule has 1 aliphatic rings. The third-order valence-electron chi connectivity index (χ3n) is 3.74.